The third-order valence-corrected chi connectivity index (χ3v) is 6.02. The lowest BCUT2D eigenvalue weighted by Crippen LogP contribution is -2.14. The van der Waals surface area contributed by atoms with Crippen LogP contribution in [0.1, 0.15) is 5.56 Å². The van der Waals surface area contributed by atoms with Gasteiger partial charge in [-0.1, -0.05) is 18.2 Å². The number of aromatic amines is 1. The standard InChI is InChI=1S/C18H17N3O3S2/c1-12-6-7-13(16-8-9-18(22)20-19-16)10-17(12)26(23,24)21-14-4-3-5-15(11-14)25-2/h3-11,21H,1-2H3,(H,20,22). The SMILES string of the molecule is CSc1cccc(NS(=O)(=O)c2cc(-c3ccc(=O)[nH]n3)ccc2C)c1. The van der Waals surface area contributed by atoms with Gasteiger partial charge in [0.25, 0.3) is 15.6 Å². The van der Waals surface area contributed by atoms with Crippen LogP contribution < -0.4 is 10.3 Å². The zero-order valence-electron chi connectivity index (χ0n) is 14.2. The molecule has 0 aliphatic rings. The highest BCUT2D eigenvalue weighted by atomic mass is 32.2. The van der Waals surface area contributed by atoms with Gasteiger partial charge in [0.15, 0.2) is 0 Å². The lowest BCUT2D eigenvalue weighted by atomic mass is 10.1. The zero-order valence-corrected chi connectivity index (χ0v) is 15.8. The summed E-state index contributed by atoms with van der Waals surface area (Å²) < 4.78 is 28.3. The van der Waals surface area contributed by atoms with E-state index >= 15 is 0 Å². The Bertz CT molecular complexity index is 1090. The maximum atomic E-state index is 12.9. The molecule has 0 aliphatic carbocycles. The first-order valence-corrected chi connectivity index (χ1v) is 10.4. The summed E-state index contributed by atoms with van der Waals surface area (Å²) in [6.45, 7) is 1.73. The molecule has 0 bridgehead atoms. The third-order valence-electron chi connectivity index (χ3n) is 3.77. The van der Waals surface area contributed by atoms with Crippen molar-refractivity contribution in [3.8, 4) is 11.3 Å². The van der Waals surface area contributed by atoms with Crippen molar-refractivity contribution in [2.24, 2.45) is 0 Å². The average Bonchev–Trinajstić information content (AvgIpc) is 2.62. The Morgan fingerprint density at radius 1 is 1.08 bits per heavy atom. The summed E-state index contributed by atoms with van der Waals surface area (Å²) in [4.78, 5) is 12.3. The van der Waals surface area contributed by atoms with E-state index in [9.17, 15) is 13.2 Å². The molecule has 2 aromatic carbocycles. The highest BCUT2D eigenvalue weighted by molar-refractivity contribution is 7.98. The van der Waals surface area contributed by atoms with Crippen LogP contribution in [0.2, 0.25) is 0 Å². The highest BCUT2D eigenvalue weighted by Gasteiger charge is 2.18. The molecular formula is C18H17N3O3S2. The molecule has 26 heavy (non-hydrogen) atoms. The predicted octanol–water partition coefficient (Wildman–Crippen LogP) is 3.27. The highest BCUT2D eigenvalue weighted by Crippen LogP contribution is 2.26. The van der Waals surface area contributed by atoms with Crippen molar-refractivity contribution in [1.82, 2.24) is 10.2 Å². The van der Waals surface area contributed by atoms with Gasteiger partial charge in [-0.3, -0.25) is 9.52 Å². The molecule has 0 saturated carbocycles. The first kappa shape index (κ1) is 18.2. The molecule has 8 heteroatoms. The van der Waals surface area contributed by atoms with Gasteiger partial charge in [-0.15, -0.1) is 11.8 Å². The molecule has 0 spiro atoms. The van der Waals surface area contributed by atoms with E-state index in [0.29, 0.717) is 22.5 Å². The molecule has 3 rings (SSSR count). The summed E-state index contributed by atoms with van der Waals surface area (Å²) in [6.07, 6.45) is 1.93. The van der Waals surface area contributed by atoms with Gasteiger partial charge in [0.1, 0.15) is 0 Å². The Labute approximate surface area is 155 Å². The number of anilines is 1. The first-order chi connectivity index (χ1) is 12.4. The number of hydrogen-bond acceptors (Lipinski definition) is 5. The predicted molar refractivity (Wildman–Crippen MR) is 104 cm³/mol. The number of nitrogens with zero attached hydrogens (tertiary/aromatic N) is 1. The van der Waals surface area contributed by atoms with Crippen LogP contribution in [-0.2, 0) is 10.0 Å². The van der Waals surface area contributed by atoms with Crippen LogP contribution in [0.3, 0.4) is 0 Å². The van der Waals surface area contributed by atoms with Crippen LogP contribution in [0.5, 0.6) is 0 Å². The monoisotopic (exact) mass is 387 g/mol. The number of H-pyrrole nitrogens is 1. The van der Waals surface area contributed by atoms with Crippen molar-refractivity contribution >= 4 is 27.5 Å². The average molecular weight is 387 g/mol. The number of rotatable bonds is 5. The maximum absolute atomic E-state index is 12.9. The van der Waals surface area contributed by atoms with Crippen LogP contribution in [-0.4, -0.2) is 24.9 Å². The van der Waals surface area contributed by atoms with Gasteiger partial charge in [0.2, 0.25) is 0 Å². The fourth-order valence-electron chi connectivity index (χ4n) is 2.45. The molecule has 0 unspecified atom stereocenters. The lowest BCUT2D eigenvalue weighted by molar-refractivity contribution is 0.600. The summed E-state index contributed by atoms with van der Waals surface area (Å²) >= 11 is 1.54. The second-order valence-corrected chi connectivity index (χ2v) is 8.15. The van der Waals surface area contributed by atoms with Crippen molar-refractivity contribution in [3.05, 3.63) is 70.5 Å². The summed E-state index contributed by atoms with van der Waals surface area (Å²) in [5.74, 6) is 0. The number of benzene rings is 2. The van der Waals surface area contributed by atoms with Gasteiger partial charge < -0.3 is 0 Å². The van der Waals surface area contributed by atoms with Gasteiger partial charge in [-0.25, -0.2) is 13.5 Å². The number of aryl methyl sites for hydroxylation is 1. The fraction of sp³-hybridized carbons (Fsp3) is 0.111. The van der Waals surface area contributed by atoms with Crippen LogP contribution in [0.15, 0.2) is 69.2 Å². The van der Waals surface area contributed by atoms with Gasteiger partial charge in [0, 0.05) is 22.2 Å². The summed E-state index contributed by atoms with van der Waals surface area (Å²) in [7, 11) is -3.77. The number of nitrogens with one attached hydrogen (secondary N) is 2. The Morgan fingerprint density at radius 2 is 1.88 bits per heavy atom. The van der Waals surface area contributed by atoms with Crippen molar-refractivity contribution in [2.75, 3.05) is 11.0 Å². The van der Waals surface area contributed by atoms with E-state index in [1.807, 2.05) is 12.3 Å². The van der Waals surface area contributed by atoms with Crippen molar-refractivity contribution in [2.45, 2.75) is 16.7 Å². The molecule has 2 N–H and O–H groups in total. The van der Waals surface area contributed by atoms with Gasteiger partial charge >= 0.3 is 0 Å². The van der Waals surface area contributed by atoms with E-state index in [2.05, 4.69) is 14.9 Å². The van der Waals surface area contributed by atoms with E-state index in [1.165, 1.54) is 17.8 Å². The minimum atomic E-state index is -3.77. The molecule has 1 heterocycles. The molecule has 0 amide bonds. The van der Waals surface area contributed by atoms with Gasteiger partial charge in [-0.05, 0) is 49.1 Å². The molecule has 1 aromatic heterocycles. The third kappa shape index (κ3) is 3.97. The van der Waals surface area contributed by atoms with Crippen LogP contribution in [0.25, 0.3) is 11.3 Å². The van der Waals surface area contributed by atoms with Crippen LogP contribution in [0.4, 0.5) is 5.69 Å². The van der Waals surface area contributed by atoms with E-state index < -0.39 is 10.0 Å². The zero-order chi connectivity index (χ0) is 18.7. The van der Waals surface area contributed by atoms with Crippen LogP contribution in [0, 0.1) is 6.92 Å². The number of sulfonamides is 1. The molecule has 0 radical (unpaired) electrons. The first-order valence-electron chi connectivity index (χ1n) is 7.73. The van der Waals surface area contributed by atoms with Crippen molar-refractivity contribution in [3.63, 3.8) is 0 Å². The lowest BCUT2D eigenvalue weighted by Gasteiger charge is -2.12. The van der Waals surface area contributed by atoms with E-state index in [0.717, 1.165) is 4.90 Å². The normalized spacial score (nSPS) is 11.3. The molecule has 6 nitrogen and oxygen atoms in total. The van der Waals surface area contributed by atoms with Crippen molar-refractivity contribution in [1.29, 1.82) is 0 Å². The topological polar surface area (TPSA) is 91.9 Å². The van der Waals surface area contributed by atoms with Crippen LogP contribution >= 0.6 is 11.8 Å². The number of thioether (sulfide) groups is 1. The summed E-state index contributed by atoms with van der Waals surface area (Å²) in [5.41, 5.74) is 1.90. The fourth-order valence-corrected chi connectivity index (χ4v) is 4.23. The molecule has 0 atom stereocenters. The quantitative estimate of drug-likeness (QED) is 0.656. The molecular weight excluding hydrogens is 370 g/mol. The van der Waals surface area contributed by atoms with E-state index in [1.54, 1.807) is 49.4 Å². The van der Waals surface area contributed by atoms with E-state index in [4.69, 9.17) is 0 Å². The molecule has 134 valence electrons. The minimum Gasteiger partial charge on any atom is -0.280 e. The number of aromatic nitrogens is 2. The maximum Gasteiger partial charge on any atom is 0.264 e. The van der Waals surface area contributed by atoms with Crippen molar-refractivity contribution < 1.29 is 8.42 Å². The molecule has 0 saturated heterocycles. The van der Waals surface area contributed by atoms with Gasteiger partial charge in [-0.2, -0.15) is 5.10 Å². The second-order valence-electron chi connectivity index (χ2n) is 5.62. The second kappa shape index (κ2) is 7.35. The molecule has 0 fully saturated rings. The van der Waals surface area contributed by atoms with E-state index in [-0.39, 0.29) is 10.5 Å². The Kier molecular flexibility index (Phi) is 5.15. The van der Waals surface area contributed by atoms with Gasteiger partial charge in [0.05, 0.1) is 10.6 Å². The Balaban J connectivity index is 2.00. The summed E-state index contributed by atoms with van der Waals surface area (Å²) in [6, 6.07) is 15.1. The molecule has 0 aliphatic heterocycles. The largest absolute Gasteiger partial charge is 0.280 e. The number of hydrogen-bond donors (Lipinski definition) is 2. The smallest absolute Gasteiger partial charge is 0.264 e. The summed E-state index contributed by atoms with van der Waals surface area (Å²) in [5, 5.41) is 6.30. The Hall–Kier alpha value is -2.58. The minimum absolute atomic E-state index is 0.164. The molecule has 3 aromatic rings. The Morgan fingerprint density at radius 3 is 2.58 bits per heavy atom.